The van der Waals surface area contributed by atoms with Crippen LogP contribution >= 0.6 is 11.6 Å². The van der Waals surface area contributed by atoms with E-state index in [2.05, 4.69) is 15.2 Å². The molecule has 0 atom stereocenters. The Morgan fingerprint density at radius 2 is 1.85 bits per heavy atom. The van der Waals surface area contributed by atoms with Crippen LogP contribution < -0.4 is 5.32 Å². The highest BCUT2D eigenvalue weighted by Gasteiger charge is 2.33. The first-order valence-corrected chi connectivity index (χ1v) is 15.8. The van der Waals surface area contributed by atoms with E-state index in [1.165, 1.54) is 16.6 Å². The highest BCUT2D eigenvalue weighted by Crippen LogP contribution is 2.28. The van der Waals surface area contributed by atoms with E-state index in [0.29, 0.717) is 31.4 Å². The van der Waals surface area contributed by atoms with E-state index < -0.39 is 15.8 Å². The van der Waals surface area contributed by atoms with Crippen LogP contribution in [-0.4, -0.2) is 85.0 Å². The summed E-state index contributed by atoms with van der Waals surface area (Å²) in [5, 5.41) is 3.49. The predicted octanol–water partition coefficient (Wildman–Crippen LogP) is 4.32. The Balaban J connectivity index is 1.37. The van der Waals surface area contributed by atoms with E-state index in [4.69, 9.17) is 11.6 Å². The molecule has 0 spiro atoms. The number of aromatic nitrogens is 1. The molecule has 8 nitrogen and oxygen atoms in total. The van der Waals surface area contributed by atoms with Gasteiger partial charge in [0.25, 0.3) is 5.91 Å². The third kappa shape index (κ3) is 6.90. The van der Waals surface area contributed by atoms with Crippen LogP contribution in [0.4, 0.5) is 10.1 Å². The lowest BCUT2D eigenvalue weighted by molar-refractivity contribution is 0.0542. The summed E-state index contributed by atoms with van der Waals surface area (Å²) < 4.78 is 39.2. The number of pyridine rings is 1. The van der Waals surface area contributed by atoms with Crippen LogP contribution in [0, 0.1) is 12.7 Å². The van der Waals surface area contributed by atoms with Gasteiger partial charge in [0.1, 0.15) is 11.5 Å². The predicted molar refractivity (Wildman–Crippen MR) is 153 cm³/mol. The molecule has 2 aromatic rings. The first-order valence-electron chi connectivity index (χ1n) is 13.6. The number of anilines is 1. The minimum atomic E-state index is -3.18. The number of nitrogens with zero attached hydrogens (tertiary/aromatic N) is 4. The van der Waals surface area contributed by atoms with E-state index in [1.807, 2.05) is 18.7 Å². The molecule has 0 saturated carbocycles. The van der Waals surface area contributed by atoms with Gasteiger partial charge in [0.05, 0.1) is 11.3 Å². The number of aryl methyl sites for hydroxylation is 1. The van der Waals surface area contributed by atoms with E-state index in [9.17, 15) is 17.6 Å². The molecule has 3 heterocycles. The Morgan fingerprint density at radius 1 is 1.18 bits per heavy atom. The summed E-state index contributed by atoms with van der Waals surface area (Å²) in [5.74, 6) is -0.523. The van der Waals surface area contributed by atoms with Crippen molar-refractivity contribution in [2.75, 3.05) is 44.8 Å². The molecule has 2 fully saturated rings. The maximum absolute atomic E-state index is 13.9. The van der Waals surface area contributed by atoms with Crippen LogP contribution in [0.25, 0.3) is 0 Å². The minimum Gasteiger partial charge on any atom is -0.380 e. The molecule has 1 amide bonds. The van der Waals surface area contributed by atoms with Crippen molar-refractivity contribution in [1.82, 2.24) is 19.1 Å². The first-order chi connectivity index (χ1) is 18.5. The molecular weight excluding hydrogens is 541 g/mol. The number of hydrogen-bond donors (Lipinski definition) is 1. The molecule has 214 valence electrons. The summed E-state index contributed by atoms with van der Waals surface area (Å²) in [5.41, 5.74) is 3.87. The number of halogens is 2. The first kappa shape index (κ1) is 29.7. The van der Waals surface area contributed by atoms with Crippen molar-refractivity contribution in [3.63, 3.8) is 0 Å². The number of benzene rings is 1. The Kier molecular flexibility index (Phi) is 9.52. The second-order valence-electron chi connectivity index (χ2n) is 10.7. The fraction of sp³-hybridized carbons (Fsp3) is 0.571. The topological polar surface area (TPSA) is 85.9 Å². The van der Waals surface area contributed by atoms with Crippen molar-refractivity contribution >= 4 is 33.2 Å². The molecule has 4 rings (SSSR count). The van der Waals surface area contributed by atoms with Crippen LogP contribution in [0.2, 0.25) is 5.02 Å². The molecule has 1 N–H and O–H groups in total. The molecule has 0 bridgehead atoms. The Labute approximate surface area is 236 Å². The largest absolute Gasteiger partial charge is 0.380 e. The van der Waals surface area contributed by atoms with Crippen molar-refractivity contribution in [3.8, 4) is 0 Å². The fourth-order valence-corrected chi connectivity index (χ4v) is 6.57. The van der Waals surface area contributed by atoms with Gasteiger partial charge in [-0.1, -0.05) is 24.6 Å². The molecular formula is C28H39ClFN5O3S. The summed E-state index contributed by atoms with van der Waals surface area (Å²) in [7, 11) is -1.51. The van der Waals surface area contributed by atoms with Gasteiger partial charge in [-0.3, -0.25) is 9.78 Å². The molecule has 1 aromatic heterocycles. The number of sulfonamides is 1. The standard InChI is InChI=1S/C28H39ClFN5O3S/c1-5-21-18-32-27(19(2)26(21)31-17-20-6-7-24(29)25(30)16-20)28(36)35-14-10-23(11-15-35)34-12-8-22(9-13-34)33(3)39(4,37)38/h6-7,16,18,22-23H,5,8-15,17H2,1-4H3,(H,31,32). The SMILES string of the molecule is CCc1cnc(C(=O)N2CCC(N3CCC(N(C)S(C)(=O)=O)CC3)CC2)c(C)c1NCc1ccc(Cl)c(F)c1. The zero-order valence-electron chi connectivity index (χ0n) is 23.2. The lowest BCUT2D eigenvalue weighted by atomic mass is 9.97. The molecule has 0 unspecified atom stereocenters. The molecule has 0 aliphatic carbocycles. The van der Waals surface area contributed by atoms with E-state index in [0.717, 1.165) is 67.6 Å². The Morgan fingerprint density at radius 3 is 2.44 bits per heavy atom. The fourth-order valence-electron chi connectivity index (χ4n) is 5.70. The zero-order chi connectivity index (χ0) is 28.3. The van der Waals surface area contributed by atoms with Crippen molar-refractivity contribution in [2.24, 2.45) is 0 Å². The monoisotopic (exact) mass is 579 g/mol. The quantitative estimate of drug-likeness (QED) is 0.501. The average molecular weight is 580 g/mol. The van der Waals surface area contributed by atoms with Crippen LogP contribution in [0.15, 0.2) is 24.4 Å². The minimum absolute atomic E-state index is 0.0552. The van der Waals surface area contributed by atoms with Crippen LogP contribution in [-0.2, 0) is 23.0 Å². The van der Waals surface area contributed by atoms with E-state index >= 15 is 0 Å². The third-order valence-corrected chi connectivity index (χ3v) is 9.89. The lowest BCUT2D eigenvalue weighted by Gasteiger charge is -2.43. The summed E-state index contributed by atoms with van der Waals surface area (Å²) in [6.45, 7) is 7.42. The molecule has 2 aliphatic heterocycles. The summed E-state index contributed by atoms with van der Waals surface area (Å²) in [6, 6.07) is 5.19. The van der Waals surface area contributed by atoms with Gasteiger partial charge in [-0.2, -0.15) is 0 Å². The number of likely N-dealkylation sites (tertiary alicyclic amines) is 2. The lowest BCUT2D eigenvalue weighted by Crippen LogP contribution is -2.52. The molecule has 2 aliphatic rings. The third-order valence-electron chi connectivity index (χ3n) is 8.24. The number of carbonyl (C=O) groups excluding carboxylic acids is 1. The van der Waals surface area contributed by atoms with Gasteiger partial charge in [0.15, 0.2) is 0 Å². The number of rotatable bonds is 8. The number of hydrogen-bond acceptors (Lipinski definition) is 6. The van der Waals surface area contributed by atoms with Crippen molar-refractivity contribution in [3.05, 3.63) is 57.6 Å². The molecule has 2 saturated heterocycles. The molecule has 1 aromatic carbocycles. The van der Waals surface area contributed by atoms with Crippen LogP contribution in [0.1, 0.15) is 59.8 Å². The van der Waals surface area contributed by atoms with Crippen LogP contribution in [0.3, 0.4) is 0 Å². The van der Waals surface area contributed by atoms with E-state index in [-0.39, 0.29) is 17.0 Å². The van der Waals surface area contributed by atoms with Gasteiger partial charge >= 0.3 is 0 Å². The van der Waals surface area contributed by atoms with Gasteiger partial charge < -0.3 is 15.1 Å². The second kappa shape index (κ2) is 12.5. The number of piperidine rings is 2. The van der Waals surface area contributed by atoms with Crippen LogP contribution in [0.5, 0.6) is 0 Å². The second-order valence-corrected chi connectivity index (χ2v) is 13.1. The van der Waals surface area contributed by atoms with Gasteiger partial charge in [-0.15, -0.1) is 0 Å². The van der Waals surface area contributed by atoms with Gasteiger partial charge in [-0.05, 0) is 75.4 Å². The van der Waals surface area contributed by atoms with E-state index in [1.54, 1.807) is 25.4 Å². The van der Waals surface area contributed by atoms with Crippen molar-refractivity contribution in [2.45, 2.75) is 64.6 Å². The molecule has 39 heavy (non-hydrogen) atoms. The Hall–Kier alpha value is -2.27. The number of carbonyl (C=O) groups is 1. The normalized spacial score (nSPS) is 18.1. The van der Waals surface area contributed by atoms with Gasteiger partial charge in [-0.25, -0.2) is 17.1 Å². The maximum Gasteiger partial charge on any atom is 0.272 e. The summed E-state index contributed by atoms with van der Waals surface area (Å²) >= 11 is 5.81. The highest BCUT2D eigenvalue weighted by atomic mass is 35.5. The van der Waals surface area contributed by atoms with Gasteiger partial charge in [0, 0.05) is 56.2 Å². The number of amides is 1. The molecule has 0 radical (unpaired) electrons. The van der Waals surface area contributed by atoms with Gasteiger partial charge in [0.2, 0.25) is 10.0 Å². The Bertz CT molecular complexity index is 1290. The summed E-state index contributed by atoms with van der Waals surface area (Å²) in [6.07, 6.45) is 7.20. The average Bonchev–Trinajstić information content (AvgIpc) is 2.93. The maximum atomic E-state index is 13.9. The zero-order valence-corrected chi connectivity index (χ0v) is 24.8. The van der Waals surface area contributed by atoms with Crippen molar-refractivity contribution in [1.29, 1.82) is 0 Å². The smallest absolute Gasteiger partial charge is 0.272 e. The molecule has 11 heteroatoms. The highest BCUT2D eigenvalue weighted by molar-refractivity contribution is 7.88. The number of nitrogens with one attached hydrogen (secondary N) is 1. The van der Waals surface area contributed by atoms with Crippen molar-refractivity contribution < 1.29 is 17.6 Å². The summed E-state index contributed by atoms with van der Waals surface area (Å²) in [4.78, 5) is 22.4.